The fourth-order valence-corrected chi connectivity index (χ4v) is 6.98. The SMILES string of the molecule is CC(=O)N1c2ccc(S(=O)(=O)N3CCC[C@H](C(=O)N4CCC[C@@H](C)C4)C3)cc2C[C@H]1C. The summed E-state index contributed by atoms with van der Waals surface area (Å²) in [4.78, 5) is 28.9. The smallest absolute Gasteiger partial charge is 0.243 e. The van der Waals surface area contributed by atoms with Crippen molar-refractivity contribution in [3.8, 4) is 0 Å². The zero-order chi connectivity index (χ0) is 22.3. The number of amides is 2. The van der Waals surface area contributed by atoms with Crippen LogP contribution in [0.15, 0.2) is 23.1 Å². The minimum Gasteiger partial charge on any atom is -0.342 e. The Morgan fingerprint density at radius 2 is 1.77 bits per heavy atom. The molecular formula is C23H33N3O4S. The molecule has 0 aliphatic carbocycles. The first-order chi connectivity index (χ1) is 14.7. The highest BCUT2D eigenvalue weighted by Gasteiger charge is 2.37. The maximum absolute atomic E-state index is 13.4. The molecule has 7 nitrogen and oxygen atoms in total. The third-order valence-electron chi connectivity index (χ3n) is 6.95. The lowest BCUT2D eigenvalue weighted by Gasteiger charge is -2.37. The molecule has 170 valence electrons. The Morgan fingerprint density at radius 1 is 1.03 bits per heavy atom. The Morgan fingerprint density at radius 3 is 2.48 bits per heavy atom. The molecule has 3 aliphatic heterocycles. The first kappa shape index (κ1) is 22.3. The van der Waals surface area contributed by atoms with Crippen molar-refractivity contribution >= 4 is 27.5 Å². The molecule has 0 saturated carbocycles. The number of benzene rings is 1. The van der Waals surface area contributed by atoms with Crippen molar-refractivity contribution in [1.29, 1.82) is 0 Å². The van der Waals surface area contributed by atoms with Gasteiger partial charge in [0, 0.05) is 44.8 Å². The predicted molar refractivity (Wildman–Crippen MR) is 119 cm³/mol. The molecule has 8 heteroatoms. The molecule has 0 radical (unpaired) electrons. The zero-order valence-corrected chi connectivity index (χ0v) is 19.5. The summed E-state index contributed by atoms with van der Waals surface area (Å²) >= 11 is 0. The Hall–Kier alpha value is -1.93. The first-order valence-electron chi connectivity index (χ1n) is 11.4. The second kappa shape index (κ2) is 8.54. The average molecular weight is 448 g/mol. The minimum absolute atomic E-state index is 0.0226. The minimum atomic E-state index is -3.69. The van der Waals surface area contributed by atoms with E-state index in [4.69, 9.17) is 0 Å². The van der Waals surface area contributed by atoms with Crippen molar-refractivity contribution in [3.05, 3.63) is 23.8 Å². The molecule has 3 atom stereocenters. The summed E-state index contributed by atoms with van der Waals surface area (Å²) < 4.78 is 28.3. The number of piperidine rings is 2. The molecule has 2 fully saturated rings. The van der Waals surface area contributed by atoms with E-state index < -0.39 is 10.0 Å². The average Bonchev–Trinajstić information content (AvgIpc) is 3.08. The van der Waals surface area contributed by atoms with E-state index in [0.29, 0.717) is 25.3 Å². The molecule has 4 rings (SSSR count). The van der Waals surface area contributed by atoms with Gasteiger partial charge in [-0.3, -0.25) is 9.59 Å². The van der Waals surface area contributed by atoms with Crippen molar-refractivity contribution in [2.75, 3.05) is 31.1 Å². The van der Waals surface area contributed by atoms with Crippen LogP contribution in [0.25, 0.3) is 0 Å². The molecule has 1 aromatic rings. The molecule has 0 spiro atoms. The standard InChI is InChI=1S/C23H33N3O4S/c1-16-6-4-10-24(14-16)23(28)19-7-5-11-25(15-19)31(29,30)21-8-9-22-20(13-21)12-17(2)26(22)18(3)27/h8-9,13,16-17,19H,4-7,10-12,14-15H2,1-3H3/t16-,17-,19+/m1/s1. The first-order valence-corrected chi connectivity index (χ1v) is 12.8. The van der Waals surface area contributed by atoms with Gasteiger partial charge >= 0.3 is 0 Å². The van der Waals surface area contributed by atoms with Crippen LogP contribution >= 0.6 is 0 Å². The number of likely N-dealkylation sites (tertiary alicyclic amines) is 1. The Bertz CT molecular complexity index is 977. The lowest BCUT2D eigenvalue weighted by Crippen LogP contribution is -2.48. The normalized spacial score (nSPS) is 27.3. The Balaban J connectivity index is 1.52. The monoisotopic (exact) mass is 447 g/mol. The van der Waals surface area contributed by atoms with Gasteiger partial charge in [0.25, 0.3) is 0 Å². The summed E-state index contributed by atoms with van der Waals surface area (Å²) in [7, 11) is -3.69. The highest BCUT2D eigenvalue weighted by molar-refractivity contribution is 7.89. The number of carbonyl (C=O) groups is 2. The number of anilines is 1. The van der Waals surface area contributed by atoms with Crippen molar-refractivity contribution in [2.45, 2.75) is 63.8 Å². The fraction of sp³-hybridized carbons (Fsp3) is 0.652. The van der Waals surface area contributed by atoms with Gasteiger partial charge in [-0.15, -0.1) is 0 Å². The van der Waals surface area contributed by atoms with E-state index in [1.165, 1.54) is 11.2 Å². The summed E-state index contributed by atoms with van der Waals surface area (Å²) in [6.45, 7) is 7.91. The molecule has 0 N–H and O–H groups in total. The summed E-state index contributed by atoms with van der Waals surface area (Å²) in [6, 6.07) is 5.07. The summed E-state index contributed by atoms with van der Waals surface area (Å²) in [5.74, 6) is 0.304. The summed E-state index contributed by atoms with van der Waals surface area (Å²) in [5.41, 5.74) is 1.68. The van der Waals surface area contributed by atoms with Gasteiger partial charge in [-0.1, -0.05) is 6.92 Å². The van der Waals surface area contributed by atoms with Crippen molar-refractivity contribution in [2.24, 2.45) is 11.8 Å². The van der Waals surface area contributed by atoms with E-state index in [2.05, 4.69) is 6.92 Å². The van der Waals surface area contributed by atoms with Gasteiger partial charge in [0.05, 0.1) is 10.8 Å². The zero-order valence-electron chi connectivity index (χ0n) is 18.7. The van der Waals surface area contributed by atoms with E-state index >= 15 is 0 Å². The van der Waals surface area contributed by atoms with Crippen LogP contribution in [0.2, 0.25) is 0 Å². The molecular weight excluding hydrogens is 414 g/mol. The van der Waals surface area contributed by atoms with Crippen LogP contribution in [0.5, 0.6) is 0 Å². The third kappa shape index (κ3) is 4.24. The van der Waals surface area contributed by atoms with Crippen LogP contribution in [-0.4, -0.2) is 61.7 Å². The van der Waals surface area contributed by atoms with Crippen LogP contribution in [0.1, 0.15) is 52.0 Å². The molecule has 31 heavy (non-hydrogen) atoms. The van der Waals surface area contributed by atoms with E-state index in [0.717, 1.165) is 43.6 Å². The second-order valence-corrected chi connectivity index (χ2v) is 11.4. The second-order valence-electron chi connectivity index (χ2n) is 9.47. The number of hydrogen-bond acceptors (Lipinski definition) is 4. The molecule has 0 aromatic heterocycles. The highest BCUT2D eigenvalue weighted by atomic mass is 32.2. The number of carbonyl (C=O) groups excluding carboxylic acids is 2. The Labute approximate surface area is 185 Å². The maximum atomic E-state index is 13.4. The molecule has 0 bridgehead atoms. The van der Waals surface area contributed by atoms with E-state index in [9.17, 15) is 18.0 Å². The fourth-order valence-electron chi connectivity index (χ4n) is 5.41. The summed E-state index contributed by atoms with van der Waals surface area (Å²) in [6.07, 6.45) is 4.25. The number of rotatable bonds is 3. The van der Waals surface area contributed by atoms with E-state index in [1.807, 2.05) is 11.8 Å². The number of fused-ring (bicyclic) bond motifs is 1. The van der Waals surface area contributed by atoms with Crippen LogP contribution in [0, 0.1) is 11.8 Å². The lowest BCUT2D eigenvalue weighted by molar-refractivity contribution is -0.138. The van der Waals surface area contributed by atoms with Gasteiger partial charge in [-0.05, 0) is 68.7 Å². The molecule has 0 unspecified atom stereocenters. The van der Waals surface area contributed by atoms with Gasteiger partial charge in [0.1, 0.15) is 0 Å². The largest absolute Gasteiger partial charge is 0.342 e. The quantitative estimate of drug-likeness (QED) is 0.714. The van der Waals surface area contributed by atoms with Gasteiger partial charge in [-0.2, -0.15) is 4.31 Å². The van der Waals surface area contributed by atoms with Gasteiger partial charge in [-0.25, -0.2) is 8.42 Å². The lowest BCUT2D eigenvalue weighted by atomic mass is 9.94. The van der Waals surface area contributed by atoms with Crippen molar-refractivity contribution < 1.29 is 18.0 Å². The van der Waals surface area contributed by atoms with Gasteiger partial charge in [0.2, 0.25) is 21.8 Å². The molecule has 3 heterocycles. The third-order valence-corrected chi connectivity index (χ3v) is 8.81. The highest BCUT2D eigenvalue weighted by Crippen LogP contribution is 2.35. The predicted octanol–water partition coefficient (Wildman–Crippen LogP) is 2.64. The van der Waals surface area contributed by atoms with Gasteiger partial charge < -0.3 is 9.80 Å². The van der Waals surface area contributed by atoms with Crippen molar-refractivity contribution in [1.82, 2.24) is 9.21 Å². The molecule has 3 aliphatic rings. The topological polar surface area (TPSA) is 78.0 Å². The number of nitrogens with zero attached hydrogens (tertiary/aromatic N) is 3. The van der Waals surface area contributed by atoms with Crippen LogP contribution in [0.3, 0.4) is 0 Å². The van der Waals surface area contributed by atoms with E-state index in [1.54, 1.807) is 23.1 Å². The number of sulfonamides is 1. The molecule has 2 amide bonds. The van der Waals surface area contributed by atoms with Crippen molar-refractivity contribution in [3.63, 3.8) is 0 Å². The number of hydrogen-bond donors (Lipinski definition) is 0. The van der Waals surface area contributed by atoms with Crippen LogP contribution in [0.4, 0.5) is 5.69 Å². The van der Waals surface area contributed by atoms with E-state index in [-0.39, 0.29) is 35.2 Å². The van der Waals surface area contributed by atoms with Gasteiger partial charge in [0.15, 0.2) is 0 Å². The molecule has 2 saturated heterocycles. The molecule has 1 aromatic carbocycles. The van der Waals surface area contributed by atoms with Crippen LogP contribution in [-0.2, 0) is 26.0 Å². The Kier molecular flexibility index (Phi) is 6.14. The summed E-state index contributed by atoms with van der Waals surface area (Å²) in [5, 5.41) is 0. The van der Waals surface area contributed by atoms with Crippen LogP contribution < -0.4 is 4.90 Å². The maximum Gasteiger partial charge on any atom is 0.243 e.